The number of hydrogen-bond donors (Lipinski definition) is 0. The lowest BCUT2D eigenvalue weighted by molar-refractivity contribution is 0.399. The largest absolute Gasteiger partial charge is 0.481 e. The van der Waals surface area contributed by atoms with E-state index in [1.807, 2.05) is 44.3 Å². The van der Waals surface area contributed by atoms with Crippen molar-refractivity contribution < 1.29 is 4.74 Å². The number of pyridine rings is 2. The molecule has 0 saturated carbocycles. The Morgan fingerprint density at radius 2 is 1.71 bits per heavy atom. The zero-order valence-electron chi connectivity index (χ0n) is 12.9. The molecule has 1 aromatic carbocycles. The Morgan fingerprint density at radius 3 is 2.43 bits per heavy atom. The number of hydrogen-bond acceptors (Lipinski definition) is 3. The summed E-state index contributed by atoms with van der Waals surface area (Å²) in [5.74, 6) is 0.627. The van der Waals surface area contributed by atoms with Crippen molar-refractivity contribution in [3.05, 3.63) is 54.2 Å². The van der Waals surface area contributed by atoms with E-state index in [-0.39, 0.29) is 0 Å². The molecule has 0 spiro atoms. The minimum Gasteiger partial charge on any atom is -0.481 e. The summed E-state index contributed by atoms with van der Waals surface area (Å²) in [6.45, 7) is 6.06. The van der Waals surface area contributed by atoms with Crippen LogP contribution in [0.1, 0.15) is 19.4 Å². The molecule has 0 fully saturated rings. The smallest absolute Gasteiger partial charge is 0.213 e. The SMILES string of the molecule is CC.COc1ccc2ccc(-c3cc(C)ccn3)cc2n1. The zero-order chi connectivity index (χ0) is 15.2. The molecule has 0 bridgehead atoms. The molecule has 0 saturated heterocycles. The molecule has 0 unspecified atom stereocenters. The van der Waals surface area contributed by atoms with Gasteiger partial charge in [0.2, 0.25) is 5.88 Å². The number of nitrogens with zero attached hydrogens (tertiary/aromatic N) is 2. The van der Waals surface area contributed by atoms with Gasteiger partial charge in [0, 0.05) is 23.2 Å². The molecule has 0 radical (unpaired) electrons. The van der Waals surface area contributed by atoms with Gasteiger partial charge in [-0.05, 0) is 36.8 Å². The van der Waals surface area contributed by atoms with Crippen molar-refractivity contribution in [2.45, 2.75) is 20.8 Å². The lowest BCUT2D eigenvalue weighted by Crippen LogP contribution is -1.89. The van der Waals surface area contributed by atoms with Gasteiger partial charge in [0.15, 0.2) is 0 Å². The van der Waals surface area contributed by atoms with Crippen LogP contribution in [-0.2, 0) is 0 Å². The quantitative estimate of drug-likeness (QED) is 0.686. The number of methoxy groups -OCH3 is 1. The summed E-state index contributed by atoms with van der Waals surface area (Å²) in [6.07, 6.45) is 1.83. The minimum absolute atomic E-state index is 0.627. The van der Waals surface area contributed by atoms with Crippen molar-refractivity contribution >= 4 is 10.9 Å². The maximum atomic E-state index is 5.16. The second-order valence-corrected chi connectivity index (χ2v) is 4.48. The van der Waals surface area contributed by atoms with Gasteiger partial charge in [-0.25, -0.2) is 4.98 Å². The van der Waals surface area contributed by atoms with Crippen LogP contribution in [0.4, 0.5) is 0 Å². The predicted molar refractivity (Wildman–Crippen MR) is 87.6 cm³/mol. The number of rotatable bonds is 2. The van der Waals surface area contributed by atoms with Gasteiger partial charge >= 0.3 is 0 Å². The molecule has 3 aromatic rings. The van der Waals surface area contributed by atoms with Gasteiger partial charge in [-0.2, -0.15) is 0 Å². The molecule has 0 aliphatic heterocycles. The first kappa shape index (κ1) is 15.0. The van der Waals surface area contributed by atoms with Crippen LogP contribution in [0.15, 0.2) is 48.7 Å². The molecule has 3 rings (SSSR count). The summed E-state index contributed by atoms with van der Waals surface area (Å²) in [4.78, 5) is 8.85. The predicted octanol–water partition coefficient (Wildman–Crippen LogP) is 4.64. The molecule has 0 atom stereocenters. The molecule has 0 aliphatic rings. The third kappa shape index (κ3) is 3.37. The normalized spacial score (nSPS) is 9.90. The van der Waals surface area contributed by atoms with Gasteiger partial charge in [-0.1, -0.05) is 26.0 Å². The maximum absolute atomic E-state index is 5.16. The molecule has 21 heavy (non-hydrogen) atoms. The van der Waals surface area contributed by atoms with Crippen molar-refractivity contribution in [3.63, 3.8) is 0 Å². The first-order chi connectivity index (χ1) is 10.3. The number of aryl methyl sites for hydroxylation is 1. The average Bonchev–Trinajstić information content (AvgIpc) is 2.55. The molecule has 108 valence electrons. The van der Waals surface area contributed by atoms with E-state index in [0.717, 1.165) is 22.2 Å². The molecular weight excluding hydrogens is 260 g/mol. The monoisotopic (exact) mass is 280 g/mol. The zero-order valence-corrected chi connectivity index (χ0v) is 12.9. The summed E-state index contributed by atoms with van der Waals surface area (Å²) in [6, 6.07) is 14.1. The lowest BCUT2D eigenvalue weighted by Gasteiger charge is -2.05. The van der Waals surface area contributed by atoms with Crippen molar-refractivity contribution in [1.82, 2.24) is 9.97 Å². The fourth-order valence-electron chi connectivity index (χ4n) is 2.07. The van der Waals surface area contributed by atoms with Crippen molar-refractivity contribution in [1.29, 1.82) is 0 Å². The van der Waals surface area contributed by atoms with E-state index in [0.29, 0.717) is 5.88 Å². The van der Waals surface area contributed by atoms with Gasteiger partial charge < -0.3 is 4.74 Å². The average molecular weight is 280 g/mol. The van der Waals surface area contributed by atoms with Crippen molar-refractivity contribution in [2.75, 3.05) is 7.11 Å². The maximum Gasteiger partial charge on any atom is 0.213 e. The molecule has 0 N–H and O–H groups in total. The van der Waals surface area contributed by atoms with E-state index in [4.69, 9.17) is 4.74 Å². The summed E-state index contributed by atoms with van der Waals surface area (Å²) in [7, 11) is 1.63. The Hall–Kier alpha value is -2.42. The van der Waals surface area contributed by atoms with Crippen molar-refractivity contribution in [3.8, 4) is 17.1 Å². The lowest BCUT2D eigenvalue weighted by atomic mass is 10.1. The molecule has 0 aliphatic carbocycles. The molecule has 3 nitrogen and oxygen atoms in total. The molecular formula is C18H20N2O. The third-order valence-corrected chi connectivity index (χ3v) is 3.09. The van der Waals surface area contributed by atoms with E-state index in [1.165, 1.54) is 5.56 Å². The number of ether oxygens (including phenoxy) is 1. The van der Waals surface area contributed by atoms with Crippen LogP contribution in [0.25, 0.3) is 22.2 Å². The van der Waals surface area contributed by atoms with Crippen LogP contribution in [0, 0.1) is 6.92 Å². The van der Waals surface area contributed by atoms with E-state index in [9.17, 15) is 0 Å². The highest BCUT2D eigenvalue weighted by Gasteiger charge is 2.03. The van der Waals surface area contributed by atoms with E-state index < -0.39 is 0 Å². The highest BCUT2D eigenvalue weighted by molar-refractivity contribution is 5.84. The summed E-state index contributed by atoms with van der Waals surface area (Å²) in [5, 5.41) is 1.09. The first-order valence-electron chi connectivity index (χ1n) is 7.14. The minimum atomic E-state index is 0.627. The Kier molecular flexibility index (Phi) is 4.88. The van der Waals surface area contributed by atoms with Crippen LogP contribution in [-0.4, -0.2) is 17.1 Å². The Bertz CT molecular complexity index is 738. The van der Waals surface area contributed by atoms with Crippen molar-refractivity contribution in [2.24, 2.45) is 0 Å². The molecule has 2 aromatic heterocycles. The van der Waals surface area contributed by atoms with Crippen LogP contribution >= 0.6 is 0 Å². The number of fused-ring (bicyclic) bond motifs is 1. The summed E-state index contributed by atoms with van der Waals surface area (Å²) >= 11 is 0. The number of aromatic nitrogens is 2. The molecule has 2 heterocycles. The highest BCUT2D eigenvalue weighted by atomic mass is 16.5. The highest BCUT2D eigenvalue weighted by Crippen LogP contribution is 2.24. The fraction of sp³-hybridized carbons (Fsp3) is 0.222. The molecule has 3 heteroatoms. The third-order valence-electron chi connectivity index (χ3n) is 3.09. The fourth-order valence-corrected chi connectivity index (χ4v) is 2.07. The van der Waals surface area contributed by atoms with Gasteiger partial charge in [-0.3, -0.25) is 4.98 Å². The van der Waals surface area contributed by atoms with Gasteiger partial charge in [-0.15, -0.1) is 0 Å². The second-order valence-electron chi connectivity index (χ2n) is 4.48. The van der Waals surface area contributed by atoms with Crippen LogP contribution < -0.4 is 4.74 Å². The van der Waals surface area contributed by atoms with Gasteiger partial charge in [0.25, 0.3) is 0 Å². The molecule has 0 amide bonds. The van der Waals surface area contributed by atoms with Crippen LogP contribution in [0.2, 0.25) is 0 Å². The Morgan fingerprint density at radius 1 is 0.952 bits per heavy atom. The van der Waals surface area contributed by atoms with Crippen LogP contribution in [0.3, 0.4) is 0 Å². The van der Waals surface area contributed by atoms with E-state index in [2.05, 4.69) is 35.1 Å². The Balaban J connectivity index is 0.000000774. The second kappa shape index (κ2) is 6.84. The van der Waals surface area contributed by atoms with E-state index >= 15 is 0 Å². The first-order valence-corrected chi connectivity index (χ1v) is 7.14. The topological polar surface area (TPSA) is 35.0 Å². The van der Waals surface area contributed by atoms with Gasteiger partial charge in [0.05, 0.1) is 18.3 Å². The van der Waals surface area contributed by atoms with Crippen LogP contribution in [0.5, 0.6) is 5.88 Å². The number of benzene rings is 1. The summed E-state index contributed by atoms with van der Waals surface area (Å²) in [5.41, 5.74) is 4.15. The summed E-state index contributed by atoms with van der Waals surface area (Å²) < 4.78 is 5.16. The Labute approximate surface area is 125 Å². The standard InChI is InChI=1S/C16H14N2O.C2H6/c1-11-7-8-17-14(9-11)13-4-3-12-5-6-16(19-2)18-15(12)10-13;1-2/h3-10H,1-2H3;1-2H3. The van der Waals surface area contributed by atoms with Gasteiger partial charge in [0.1, 0.15) is 0 Å². The van der Waals surface area contributed by atoms with E-state index in [1.54, 1.807) is 7.11 Å².